The van der Waals surface area contributed by atoms with Crippen molar-refractivity contribution in [3.63, 3.8) is 0 Å². The average molecular weight is 434 g/mol. The molecular formula is C25H31N5O2. The fourth-order valence-electron chi connectivity index (χ4n) is 4.30. The van der Waals surface area contributed by atoms with Crippen LogP contribution in [0.1, 0.15) is 43.6 Å². The van der Waals surface area contributed by atoms with Crippen LogP contribution < -0.4 is 15.0 Å². The molecule has 7 nitrogen and oxygen atoms in total. The highest BCUT2D eigenvalue weighted by atomic mass is 16.5. The van der Waals surface area contributed by atoms with Crippen molar-refractivity contribution in [3.8, 4) is 5.75 Å². The summed E-state index contributed by atoms with van der Waals surface area (Å²) < 4.78 is 5.39. The number of anilines is 2. The largest absolute Gasteiger partial charge is 0.495 e. The molecule has 168 valence electrons. The molecule has 0 unspecified atom stereocenters. The Bertz CT molecular complexity index is 1120. The van der Waals surface area contributed by atoms with Gasteiger partial charge in [0.2, 0.25) is 5.91 Å². The van der Waals surface area contributed by atoms with Crippen LogP contribution in [0.15, 0.2) is 30.5 Å². The van der Waals surface area contributed by atoms with Gasteiger partial charge in [0.05, 0.1) is 36.1 Å². The first-order chi connectivity index (χ1) is 15.5. The summed E-state index contributed by atoms with van der Waals surface area (Å²) >= 11 is 0. The van der Waals surface area contributed by atoms with Crippen LogP contribution in [0.5, 0.6) is 5.75 Å². The molecule has 0 spiro atoms. The summed E-state index contributed by atoms with van der Waals surface area (Å²) in [6, 6.07) is 7.88. The maximum atomic E-state index is 12.9. The van der Waals surface area contributed by atoms with Gasteiger partial charge in [-0.1, -0.05) is 19.9 Å². The molecule has 1 fully saturated rings. The zero-order chi connectivity index (χ0) is 22.7. The first kappa shape index (κ1) is 22.0. The van der Waals surface area contributed by atoms with Gasteiger partial charge in [0.15, 0.2) is 5.65 Å². The van der Waals surface area contributed by atoms with Crippen molar-refractivity contribution in [3.05, 3.63) is 47.4 Å². The summed E-state index contributed by atoms with van der Waals surface area (Å²) in [5, 5.41) is 3.06. The van der Waals surface area contributed by atoms with Crippen LogP contribution in [0, 0.1) is 12.8 Å². The SMILES string of the molecule is CCc1nc2cc(N3CCC(C(=O)Nc4cc(C)ccc4OC)CC3)cnc2nc1CC. The van der Waals surface area contributed by atoms with E-state index in [1.807, 2.05) is 31.3 Å². The number of carbonyl (C=O) groups excluding carboxylic acids is 1. The topological polar surface area (TPSA) is 80.2 Å². The van der Waals surface area contributed by atoms with E-state index in [-0.39, 0.29) is 11.8 Å². The van der Waals surface area contributed by atoms with Gasteiger partial charge in [0.25, 0.3) is 0 Å². The normalized spacial score (nSPS) is 14.6. The number of hydrogen-bond donors (Lipinski definition) is 1. The lowest BCUT2D eigenvalue weighted by Crippen LogP contribution is -2.38. The first-order valence-corrected chi connectivity index (χ1v) is 11.4. The van der Waals surface area contributed by atoms with Crippen LogP contribution >= 0.6 is 0 Å². The molecule has 1 amide bonds. The quantitative estimate of drug-likeness (QED) is 0.624. The van der Waals surface area contributed by atoms with Crippen LogP contribution in [0.3, 0.4) is 0 Å². The molecule has 0 aliphatic carbocycles. The molecule has 0 radical (unpaired) electrons. The second kappa shape index (κ2) is 9.51. The predicted octanol–water partition coefficient (Wildman–Crippen LogP) is 4.32. The fraction of sp³-hybridized carbons (Fsp3) is 0.440. The van der Waals surface area contributed by atoms with E-state index >= 15 is 0 Å². The summed E-state index contributed by atoms with van der Waals surface area (Å²) in [4.78, 5) is 29.2. The Hall–Kier alpha value is -3.22. The zero-order valence-electron chi connectivity index (χ0n) is 19.3. The van der Waals surface area contributed by atoms with Crippen molar-refractivity contribution >= 4 is 28.4 Å². The summed E-state index contributed by atoms with van der Waals surface area (Å²) in [6.07, 6.45) is 5.18. The monoisotopic (exact) mass is 433 g/mol. The van der Waals surface area contributed by atoms with Crippen LogP contribution in [0.2, 0.25) is 0 Å². The number of methoxy groups -OCH3 is 1. The number of ether oxygens (including phenoxy) is 1. The number of benzene rings is 1. The molecule has 0 saturated carbocycles. The summed E-state index contributed by atoms with van der Waals surface area (Å²) in [5.74, 6) is 0.710. The molecule has 1 saturated heterocycles. The molecule has 7 heteroatoms. The lowest BCUT2D eigenvalue weighted by atomic mass is 9.95. The van der Waals surface area contributed by atoms with Crippen molar-refractivity contribution < 1.29 is 9.53 Å². The van der Waals surface area contributed by atoms with E-state index in [0.29, 0.717) is 11.4 Å². The van der Waals surface area contributed by atoms with Gasteiger partial charge in [-0.2, -0.15) is 0 Å². The number of pyridine rings is 1. The number of hydrogen-bond acceptors (Lipinski definition) is 6. The van der Waals surface area contributed by atoms with Crippen molar-refractivity contribution in [2.75, 3.05) is 30.4 Å². The number of nitrogens with one attached hydrogen (secondary N) is 1. The summed E-state index contributed by atoms with van der Waals surface area (Å²) in [5.41, 5.74) is 6.46. The Morgan fingerprint density at radius 1 is 1.12 bits per heavy atom. The maximum Gasteiger partial charge on any atom is 0.227 e. The Morgan fingerprint density at radius 2 is 1.84 bits per heavy atom. The minimum Gasteiger partial charge on any atom is -0.495 e. The van der Waals surface area contributed by atoms with E-state index in [9.17, 15) is 4.79 Å². The average Bonchev–Trinajstić information content (AvgIpc) is 2.83. The van der Waals surface area contributed by atoms with Gasteiger partial charge < -0.3 is 15.0 Å². The van der Waals surface area contributed by atoms with Crippen LogP contribution in [-0.2, 0) is 17.6 Å². The number of carbonyl (C=O) groups is 1. The maximum absolute atomic E-state index is 12.9. The predicted molar refractivity (Wildman–Crippen MR) is 127 cm³/mol. The molecule has 0 atom stereocenters. The molecule has 0 bridgehead atoms. The van der Waals surface area contributed by atoms with Gasteiger partial charge in [0, 0.05) is 19.0 Å². The number of rotatable bonds is 6. The van der Waals surface area contributed by atoms with Crippen LogP contribution in [-0.4, -0.2) is 41.1 Å². The van der Waals surface area contributed by atoms with Gasteiger partial charge in [-0.05, 0) is 56.4 Å². The minimum absolute atomic E-state index is 0.0246. The van der Waals surface area contributed by atoms with E-state index in [0.717, 1.165) is 72.6 Å². The second-order valence-corrected chi connectivity index (χ2v) is 8.31. The van der Waals surface area contributed by atoms with Crippen LogP contribution in [0.4, 0.5) is 11.4 Å². The molecule has 1 aliphatic rings. The van der Waals surface area contributed by atoms with E-state index < -0.39 is 0 Å². The number of piperidine rings is 1. The van der Waals surface area contributed by atoms with Gasteiger partial charge >= 0.3 is 0 Å². The zero-order valence-corrected chi connectivity index (χ0v) is 19.3. The number of aryl methyl sites for hydroxylation is 3. The van der Waals surface area contributed by atoms with Gasteiger partial charge in [-0.25, -0.2) is 15.0 Å². The van der Waals surface area contributed by atoms with E-state index in [2.05, 4.69) is 35.1 Å². The van der Waals surface area contributed by atoms with E-state index in [4.69, 9.17) is 14.7 Å². The lowest BCUT2D eigenvalue weighted by Gasteiger charge is -2.33. The number of nitrogens with zero attached hydrogens (tertiary/aromatic N) is 4. The third-order valence-corrected chi connectivity index (χ3v) is 6.18. The lowest BCUT2D eigenvalue weighted by molar-refractivity contribution is -0.120. The Labute approximate surface area is 189 Å². The second-order valence-electron chi connectivity index (χ2n) is 8.31. The van der Waals surface area contributed by atoms with Crippen molar-refractivity contribution in [1.82, 2.24) is 15.0 Å². The third-order valence-electron chi connectivity index (χ3n) is 6.18. The Kier molecular flexibility index (Phi) is 6.53. The van der Waals surface area contributed by atoms with Gasteiger partial charge in [-0.3, -0.25) is 4.79 Å². The van der Waals surface area contributed by atoms with Crippen LogP contribution in [0.25, 0.3) is 11.2 Å². The number of aromatic nitrogens is 3. The highest BCUT2D eigenvalue weighted by Gasteiger charge is 2.26. The van der Waals surface area contributed by atoms with Crippen molar-refractivity contribution in [2.45, 2.75) is 46.5 Å². The Balaban J connectivity index is 1.43. The summed E-state index contributed by atoms with van der Waals surface area (Å²) in [6.45, 7) is 7.81. The molecule has 4 rings (SSSR count). The third kappa shape index (κ3) is 4.52. The van der Waals surface area contributed by atoms with E-state index in [1.54, 1.807) is 7.11 Å². The highest BCUT2D eigenvalue weighted by Crippen LogP contribution is 2.29. The minimum atomic E-state index is -0.0246. The number of amides is 1. The molecule has 1 aliphatic heterocycles. The summed E-state index contributed by atoms with van der Waals surface area (Å²) in [7, 11) is 1.62. The molecule has 3 heterocycles. The molecular weight excluding hydrogens is 402 g/mol. The Morgan fingerprint density at radius 3 is 2.53 bits per heavy atom. The fourth-order valence-corrected chi connectivity index (χ4v) is 4.30. The van der Waals surface area contributed by atoms with E-state index in [1.165, 1.54) is 0 Å². The van der Waals surface area contributed by atoms with Gasteiger partial charge in [0.1, 0.15) is 11.3 Å². The molecule has 3 aromatic rings. The molecule has 1 aromatic carbocycles. The molecule has 32 heavy (non-hydrogen) atoms. The number of fused-ring (bicyclic) bond motifs is 1. The van der Waals surface area contributed by atoms with Crippen molar-refractivity contribution in [1.29, 1.82) is 0 Å². The smallest absolute Gasteiger partial charge is 0.227 e. The molecule has 1 N–H and O–H groups in total. The first-order valence-electron chi connectivity index (χ1n) is 11.4. The molecule has 2 aromatic heterocycles. The van der Waals surface area contributed by atoms with Gasteiger partial charge in [-0.15, -0.1) is 0 Å². The van der Waals surface area contributed by atoms with Crippen molar-refractivity contribution in [2.24, 2.45) is 5.92 Å². The highest BCUT2D eigenvalue weighted by molar-refractivity contribution is 5.94. The standard InChI is InChI=1S/C25H31N5O2/c1-5-19-20(6-2)28-24-22(27-19)14-18(15-26-24)30-11-9-17(10-12-30)25(31)29-21-13-16(3)7-8-23(21)32-4/h7-8,13-15,17H,5-6,9-12H2,1-4H3,(H,29,31).